The number of carbonyl (C=O) groups is 3. The molecule has 0 aliphatic heterocycles. The summed E-state index contributed by atoms with van der Waals surface area (Å²) in [4.78, 5) is 36.1. The number of amides is 2. The standard InChI is InChI=1S/C26H30N2O6/c1-3-4-13-22(24(31)27-16-26(2,33)14-23(29)30)28-25(32)34-15-21-19-11-7-5-9-17(19)18-10-6-8-12-20(18)21/h3,5-12,21-22,33H,1,4,13-16H2,2H3,(H,27,31)(H,28,32)(H,29,30). The van der Waals surface area contributed by atoms with E-state index in [0.717, 1.165) is 22.3 Å². The maximum atomic E-state index is 12.6. The average Bonchev–Trinajstić information content (AvgIpc) is 3.12. The first kappa shape index (κ1) is 25.0. The fourth-order valence-corrected chi connectivity index (χ4v) is 4.12. The summed E-state index contributed by atoms with van der Waals surface area (Å²) in [6.45, 7) is 4.80. The predicted molar refractivity (Wildman–Crippen MR) is 127 cm³/mol. The van der Waals surface area contributed by atoms with Crippen molar-refractivity contribution in [3.8, 4) is 11.1 Å². The zero-order chi connectivity index (χ0) is 24.7. The van der Waals surface area contributed by atoms with Crippen molar-refractivity contribution >= 4 is 18.0 Å². The topological polar surface area (TPSA) is 125 Å². The molecule has 0 aromatic heterocycles. The number of alkyl carbamates (subject to hydrolysis) is 1. The van der Waals surface area contributed by atoms with E-state index in [0.29, 0.717) is 6.42 Å². The lowest BCUT2D eigenvalue weighted by Gasteiger charge is -2.24. The molecule has 4 N–H and O–H groups in total. The van der Waals surface area contributed by atoms with E-state index in [-0.39, 0.29) is 25.5 Å². The Kier molecular flexibility index (Phi) is 8.07. The Labute approximate surface area is 198 Å². The van der Waals surface area contributed by atoms with E-state index in [9.17, 15) is 19.5 Å². The van der Waals surface area contributed by atoms with E-state index < -0.39 is 36.0 Å². The van der Waals surface area contributed by atoms with Gasteiger partial charge in [0.05, 0.1) is 12.0 Å². The van der Waals surface area contributed by atoms with Crippen LogP contribution in [0.3, 0.4) is 0 Å². The first-order valence-corrected chi connectivity index (χ1v) is 11.2. The van der Waals surface area contributed by atoms with Crippen molar-refractivity contribution in [2.45, 2.75) is 43.7 Å². The SMILES string of the molecule is C=CCCC(NC(=O)OCC1c2ccccc2-c2ccccc21)C(=O)NCC(C)(O)CC(=O)O. The van der Waals surface area contributed by atoms with Crippen LogP contribution in [0.1, 0.15) is 43.2 Å². The smallest absolute Gasteiger partial charge is 0.407 e. The van der Waals surface area contributed by atoms with Crippen LogP contribution in [0.15, 0.2) is 61.2 Å². The minimum Gasteiger partial charge on any atom is -0.481 e. The van der Waals surface area contributed by atoms with Crippen molar-refractivity contribution in [2.75, 3.05) is 13.2 Å². The molecule has 3 rings (SSSR count). The van der Waals surface area contributed by atoms with Crippen molar-refractivity contribution in [3.05, 3.63) is 72.3 Å². The molecule has 2 atom stereocenters. The first-order valence-electron chi connectivity index (χ1n) is 11.2. The summed E-state index contributed by atoms with van der Waals surface area (Å²) < 4.78 is 5.52. The number of carbonyl (C=O) groups excluding carboxylic acids is 2. The average molecular weight is 467 g/mol. The second kappa shape index (κ2) is 11.0. The van der Waals surface area contributed by atoms with Crippen LogP contribution in [-0.4, -0.2) is 53.0 Å². The van der Waals surface area contributed by atoms with E-state index in [4.69, 9.17) is 9.84 Å². The second-order valence-corrected chi connectivity index (χ2v) is 8.67. The van der Waals surface area contributed by atoms with Crippen LogP contribution in [0, 0.1) is 0 Å². The minimum atomic E-state index is -1.62. The third-order valence-electron chi connectivity index (χ3n) is 5.79. The van der Waals surface area contributed by atoms with Crippen molar-refractivity contribution in [2.24, 2.45) is 0 Å². The lowest BCUT2D eigenvalue weighted by molar-refractivity contribution is -0.142. The lowest BCUT2D eigenvalue weighted by atomic mass is 9.98. The Morgan fingerprint density at radius 1 is 1.12 bits per heavy atom. The van der Waals surface area contributed by atoms with Gasteiger partial charge in [-0.25, -0.2) is 4.79 Å². The summed E-state index contributed by atoms with van der Waals surface area (Å²) in [7, 11) is 0. The molecule has 0 saturated carbocycles. The number of benzene rings is 2. The Morgan fingerprint density at radius 3 is 2.26 bits per heavy atom. The van der Waals surface area contributed by atoms with E-state index >= 15 is 0 Å². The van der Waals surface area contributed by atoms with Crippen LogP contribution < -0.4 is 10.6 Å². The number of carboxylic acid groups (broad SMARTS) is 1. The quantitative estimate of drug-likeness (QED) is 0.377. The highest BCUT2D eigenvalue weighted by Crippen LogP contribution is 2.44. The third-order valence-corrected chi connectivity index (χ3v) is 5.79. The van der Waals surface area contributed by atoms with Crippen molar-refractivity contribution in [3.63, 3.8) is 0 Å². The van der Waals surface area contributed by atoms with Crippen molar-refractivity contribution < 1.29 is 29.3 Å². The molecule has 2 aromatic rings. The number of nitrogens with one attached hydrogen (secondary N) is 2. The number of rotatable bonds is 11. The number of ether oxygens (including phenoxy) is 1. The number of allylic oxidation sites excluding steroid dienone is 1. The lowest BCUT2D eigenvalue weighted by Crippen LogP contribution is -2.51. The molecule has 1 aliphatic rings. The molecule has 1 aliphatic carbocycles. The number of hydrogen-bond donors (Lipinski definition) is 4. The molecule has 0 heterocycles. The molecular weight excluding hydrogens is 436 g/mol. The van der Waals surface area contributed by atoms with Gasteiger partial charge in [-0.05, 0) is 42.0 Å². The van der Waals surface area contributed by atoms with Crippen LogP contribution in [0.2, 0.25) is 0 Å². The molecule has 0 saturated heterocycles. The van der Waals surface area contributed by atoms with Gasteiger partial charge in [0, 0.05) is 12.5 Å². The summed E-state index contributed by atoms with van der Waals surface area (Å²) in [5.74, 6) is -1.83. The van der Waals surface area contributed by atoms with E-state index in [1.807, 2.05) is 48.5 Å². The summed E-state index contributed by atoms with van der Waals surface area (Å²) in [5, 5.41) is 24.1. The number of hydrogen-bond acceptors (Lipinski definition) is 5. The molecule has 2 amide bonds. The molecule has 0 fully saturated rings. The minimum absolute atomic E-state index is 0.107. The maximum absolute atomic E-state index is 12.6. The molecule has 8 heteroatoms. The fraction of sp³-hybridized carbons (Fsp3) is 0.346. The molecule has 2 unspecified atom stereocenters. The number of aliphatic carboxylic acids is 1. The molecular formula is C26H30N2O6. The summed E-state index contributed by atoms with van der Waals surface area (Å²) in [5.41, 5.74) is 2.78. The van der Waals surface area contributed by atoms with Crippen LogP contribution >= 0.6 is 0 Å². The molecule has 0 spiro atoms. The van der Waals surface area contributed by atoms with Gasteiger partial charge in [0.2, 0.25) is 5.91 Å². The molecule has 0 radical (unpaired) electrons. The van der Waals surface area contributed by atoms with Gasteiger partial charge >= 0.3 is 12.1 Å². The predicted octanol–water partition coefficient (Wildman–Crippen LogP) is 3.20. The monoisotopic (exact) mass is 466 g/mol. The molecule has 0 bridgehead atoms. The first-order chi connectivity index (χ1) is 16.2. The van der Waals surface area contributed by atoms with Crippen LogP contribution in [-0.2, 0) is 14.3 Å². The number of aliphatic hydroxyl groups is 1. The van der Waals surface area contributed by atoms with Gasteiger partial charge in [0.15, 0.2) is 0 Å². The Morgan fingerprint density at radius 2 is 1.71 bits per heavy atom. The van der Waals surface area contributed by atoms with Gasteiger partial charge in [0.25, 0.3) is 0 Å². The Bertz CT molecular complexity index is 1020. The van der Waals surface area contributed by atoms with Gasteiger partial charge in [-0.15, -0.1) is 6.58 Å². The summed E-state index contributed by atoms with van der Waals surface area (Å²) in [6, 6.07) is 15.1. The molecule has 8 nitrogen and oxygen atoms in total. The van der Waals surface area contributed by atoms with Crippen LogP contribution in [0.25, 0.3) is 11.1 Å². The molecule has 34 heavy (non-hydrogen) atoms. The van der Waals surface area contributed by atoms with Crippen molar-refractivity contribution in [1.82, 2.24) is 10.6 Å². The maximum Gasteiger partial charge on any atom is 0.407 e. The summed E-state index contributed by atoms with van der Waals surface area (Å²) >= 11 is 0. The van der Waals surface area contributed by atoms with E-state index in [1.54, 1.807) is 6.08 Å². The molecule has 180 valence electrons. The third kappa shape index (κ3) is 6.23. The number of fused-ring (bicyclic) bond motifs is 3. The van der Waals surface area contributed by atoms with Gasteiger partial charge in [-0.3, -0.25) is 9.59 Å². The van der Waals surface area contributed by atoms with Gasteiger partial charge < -0.3 is 25.6 Å². The van der Waals surface area contributed by atoms with Gasteiger partial charge in [-0.1, -0.05) is 54.6 Å². The summed E-state index contributed by atoms with van der Waals surface area (Å²) in [6.07, 6.45) is 1.11. The number of carboxylic acids is 1. The molecule has 2 aromatic carbocycles. The zero-order valence-electron chi connectivity index (χ0n) is 19.1. The largest absolute Gasteiger partial charge is 0.481 e. The van der Waals surface area contributed by atoms with Crippen molar-refractivity contribution in [1.29, 1.82) is 0 Å². The highest BCUT2D eigenvalue weighted by molar-refractivity contribution is 5.86. The highest BCUT2D eigenvalue weighted by Gasteiger charge is 2.30. The normalized spacial score (nSPS) is 14.8. The zero-order valence-corrected chi connectivity index (χ0v) is 19.1. The van der Waals surface area contributed by atoms with Gasteiger partial charge in [0.1, 0.15) is 12.6 Å². The highest BCUT2D eigenvalue weighted by atomic mass is 16.5. The second-order valence-electron chi connectivity index (χ2n) is 8.67. The van der Waals surface area contributed by atoms with E-state index in [2.05, 4.69) is 17.2 Å². The Hall–Kier alpha value is -3.65. The Balaban J connectivity index is 1.61. The van der Waals surface area contributed by atoms with Crippen LogP contribution in [0.5, 0.6) is 0 Å². The fourth-order valence-electron chi connectivity index (χ4n) is 4.12. The van der Waals surface area contributed by atoms with Crippen LogP contribution in [0.4, 0.5) is 4.79 Å². The van der Waals surface area contributed by atoms with Gasteiger partial charge in [-0.2, -0.15) is 0 Å². The van der Waals surface area contributed by atoms with E-state index in [1.165, 1.54) is 6.92 Å².